The van der Waals surface area contributed by atoms with Crippen molar-refractivity contribution in [2.75, 3.05) is 7.05 Å². The molecular formula is C23H21F3N2O2S. The maximum Gasteiger partial charge on any atom is 0.416 e. The minimum Gasteiger partial charge on any atom is -0.340 e. The maximum absolute atomic E-state index is 13.3. The maximum atomic E-state index is 13.3. The number of hydrogen-bond donors (Lipinski definition) is 1. The average Bonchev–Trinajstić information content (AvgIpc) is 3.28. The first-order valence-corrected chi connectivity index (χ1v) is 10.4. The Morgan fingerprint density at radius 2 is 1.68 bits per heavy atom. The quantitative estimate of drug-likeness (QED) is 0.569. The highest BCUT2D eigenvalue weighted by Gasteiger charge is 2.34. The van der Waals surface area contributed by atoms with E-state index < -0.39 is 29.6 Å². The predicted octanol–water partition coefficient (Wildman–Crippen LogP) is 4.77. The van der Waals surface area contributed by atoms with Gasteiger partial charge in [-0.25, -0.2) is 0 Å². The zero-order chi connectivity index (χ0) is 22.4. The number of alkyl halides is 3. The Morgan fingerprint density at radius 1 is 1.00 bits per heavy atom. The summed E-state index contributed by atoms with van der Waals surface area (Å²) in [6.45, 7) is -0.228. The van der Waals surface area contributed by atoms with Gasteiger partial charge in [0.25, 0.3) is 5.91 Å². The molecule has 1 aromatic heterocycles. The fourth-order valence-electron chi connectivity index (χ4n) is 3.22. The summed E-state index contributed by atoms with van der Waals surface area (Å²) < 4.78 is 39.9. The number of hydrogen-bond acceptors (Lipinski definition) is 3. The number of nitrogens with one attached hydrogen (secondary N) is 1. The van der Waals surface area contributed by atoms with E-state index in [-0.39, 0.29) is 18.5 Å². The van der Waals surface area contributed by atoms with Crippen LogP contribution in [0.1, 0.15) is 26.4 Å². The third-order valence-electron chi connectivity index (χ3n) is 4.74. The zero-order valence-electron chi connectivity index (χ0n) is 16.7. The van der Waals surface area contributed by atoms with Crippen molar-refractivity contribution in [2.45, 2.75) is 25.2 Å². The molecule has 3 aromatic rings. The normalized spacial score (nSPS) is 12.3. The summed E-state index contributed by atoms with van der Waals surface area (Å²) in [5, 5.41) is 4.49. The van der Waals surface area contributed by atoms with Crippen molar-refractivity contribution in [3.63, 3.8) is 0 Å². The van der Waals surface area contributed by atoms with Crippen molar-refractivity contribution < 1.29 is 22.8 Å². The van der Waals surface area contributed by atoms with Gasteiger partial charge in [0.2, 0.25) is 5.91 Å². The lowest BCUT2D eigenvalue weighted by Gasteiger charge is -2.26. The number of benzene rings is 2. The van der Waals surface area contributed by atoms with E-state index in [1.165, 1.54) is 41.5 Å². The molecule has 3 rings (SSSR count). The Labute approximate surface area is 182 Å². The molecule has 0 bridgehead atoms. The number of halogens is 3. The van der Waals surface area contributed by atoms with Crippen LogP contribution in [0.2, 0.25) is 0 Å². The SMILES string of the molecule is CN(Cc1ccccc1C(F)(F)F)C(=O)C(Cc1ccccc1)NC(=O)c1cccs1. The van der Waals surface area contributed by atoms with Crippen molar-refractivity contribution in [1.29, 1.82) is 0 Å². The lowest BCUT2D eigenvalue weighted by atomic mass is 10.0. The van der Waals surface area contributed by atoms with E-state index in [1.54, 1.807) is 17.5 Å². The van der Waals surface area contributed by atoms with E-state index in [2.05, 4.69) is 5.32 Å². The molecule has 1 unspecified atom stereocenters. The van der Waals surface area contributed by atoms with Crippen LogP contribution in [0.3, 0.4) is 0 Å². The molecule has 0 radical (unpaired) electrons. The molecule has 4 nitrogen and oxygen atoms in total. The average molecular weight is 446 g/mol. The Bertz CT molecular complexity index is 1020. The van der Waals surface area contributed by atoms with E-state index in [4.69, 9.17) is 0 Å². The van der Waals surface area contributed by atoms with Gasteiger partial charge in [-0.3, -0.25) is 9.59 Å². The number of likely N-dealkylation sites (N-methyl/N-ethyl adjacent to an activating group) is 1. The summed E-state index contributed by atoms with van der Waals surface area (Å²) in [5.41, 5.74) is 0.0437. The predicted molar refractivity (Wildman–Crippen MR) is 114 cm³/mol. The number of thiophene rings is 1. The molecule has 0 saturated carbocycles. The molecule has 0 fully saturated rings. The van der Waals surface area contributed by atoms with Gasteiger partial charge >= 0.3 is 6.18 Å². The molecule has 1 atom stereocenters. The van der Waals surface area contributed by atoms with E-state index in [1.807, 2.05) is 30.3 Å². The zero-order valence-corrected chi connectivity index (χ0v) is 17.5. The van der Waals surface area contributed by atoms with Crippen molar-refractivity contribution in [3.8, 4) is 0 Å². The smallest absolute Gasteiger partial charge is 0.340 e. The lowest BCUT2D eigenvalue weighted by molar-refractivity contribution is -0.139. The van der Waals surface area contributed by atoms with Crippen LogP contribution in [-0.2, 0) is 23.9 Å². The molecular weight excluding hydrogens is 425 g/mol. The topological polar surface area (TPSA) is 49.4 Å². The largest absolute Gasteiger partial charge is 0.416 e. The van der Waals surface area contributed by atoms with Crippen LogP contribution in [0.15, 0.2) is 72.1 Å². The lowest BCUT2D eigenvalue weighted by Crippen LogP contribution is -2.48. The second kappa shape index (κ2) is 9.78. The molecule has 0 spiro atoms. The van der Waals surface area contributed by atoms with Crippen molar-refractivity contribution >= 4 is 23.2 Å². The molecule has 8 heteroatoms. The van der Waals surface area contributed by atoms with Gasteiger partial charge in [0, 0.05) is 20.0 Å². The Balaban J connectivity index is 1.81. The third kappa shape index (κ3) is 5.95. The standard InChI is InChI=1S/C23H21F3N2O2S/c1-28(15-17-10-5-6-11-18(17)23(24,25)26)22(30)19(14-16-8-3-2-4-9-16)27-21(29)20-12-7-13-31-20/h2-13,19H,14-15H2,1H3,(H,27,29). The summed E-state index contributed by atoms with van der Waals surface area (Å²) in [4.78, 5) is 27.4. The first kappa shape index (κ1) is 22.6. The van der Waals surface area contributed by atoms with E-state index in [0.717, 1.165) is 11.6 Å². The molecule has 1 heterocycles. The minimum absolute atomic E-state index is 0.00565. The van der Waals surface area contributed by atoms with Gasteiger partial charge in [-0.05, 0) is 28.6 Å². The minimum atomic E-state index is -4.52. The Hall–Kier alpha value is -3.13. The van der Waals surface area contributed by atoms with Crippen molar-refractivity contribution in [2.24, 2.45) is 0 Å². The highest BCUT2D eigenvalue weighted by atomic mass is 32.1. The van der Waals surface area contributed by atoms with Crippen LogP contribution < -0.4 is 5.32 Å². The number of nitrogens with zero attached hydrogens (tertiary/aromatic N) is 1. The molecule has 31 heavy (non-hydrogen) atoms. The van der Waals surface area contributed by atoms with E-state index in [9.17, 15) is 22.8 Å². The van der Waals surface area contributed by atoms with Gasteiger partial charge in [0.1, 0.15) is 6.04 Å². The summed E-state index contributed by atoms with van der Waals surface area (Å²) in [7, 11) is 1.44. The third-order valence-corrected chi connectivity index (χ3v) is 5.61. The summed E-state index contributed by atoms with van der Waals surface area (Å²) >= 11 is 1.24. The number of carbonyl (C=O) groups is 2. The van der Waals surface area contributed by atoms with Crippen LogP contribution in [0, 0.1) is 0 Å². The fourth-order valence-corrected chi connectivity index (χ4v) is 3.85. The molecule has 2 amide bonds. The summed E-state index contributed by atoms with van der Waals surface area (Å²) in [6, 6.07) is 16.8. The molecule has 162 valence electrons. The fraction of sp³-hybridized carbons (Fsp3) is 0.217. The van der Waals surface area contributed by atoms with Crippen LogP contribution in [0.25, 0.3) is 0 Å². The second-order valence-electron chi connectivity index (χ2n) is 7.04. The van der Waals surface area contributed by atoms with E-state index in [0.29, 0.717) is 4.88 Å². The summed E-state index contributed by atoms with van der Waals surface area (Å²) in [5.74, 6) is -0.862. The van der Waals surface area contributed by atoms with Gasteiger partial charge < -0.3 is 10.2 Å². The first-order valence-electron chi connectivity index (χ1n) is 9.54. The number of amides is 2. The molecule has 1 N–H and O–H groups in total. The molecule has 0 aliphatic carbocycles. The summed E-state index contributed by atoms with van der Waals surface area (Å²) in [6.07, 6.45) is -4.29. The monoisotopic (exact) mass is 446 g/mol. The van der Waals surface area contributed by atoms with Gasteiger partial charge in [-0.15, -0.1) is 11.3 Å². The highest BCUT2D eigenvalue weighted by molar-refractivity contribution is 7.12. The Morgan fingerprint density at radius 3 is 2.32 bits per heavy atom. The van der Waals surface area contributed by atoms with Crippen LogP contribution in [0.5, 0.6) is 0 Å². The van der Waals surface area contributed by atoms with Gasteiger partial charge in [0.15, 0.2) is 0 Å². The molecule has 0 aliphatic rings. The van der Waals surface area contributed by atoms with Gasteiger partial charge in [-0.2, -0.15) is 13.2 Å². The van der Waals surface area contributed by atoms with Crippen molar-refractivity contribution in [1.82, 2.24) is 10.2 Å². The van der Waals surface area contributed by atoms with Crippen LogP contribution >= 0.6 is 11.3 Å². The molecule has 0 aliphatic heterocycles. The number of carbonyl (C=O) groups excluding carboxylic acids is 2. The van der Waals surface area contributed by atoms with Gasteiger partial charge in [-0.1, -0.05) is 54.6 Å². The number of rotatable bonds is 7. The molecule has 0 saturated heterocycles. The van der Waals surface area contributed by atoms with Gasteiger partial charge in [0.05, 0.1) is 10.4 Å². The van der Waals surface area contributed by atoms with E-state index >= 15 is 0 Å². The highest BCUT2D eigenvalue weighted by Crippen LogP contribution is 2.32. The first-order chi connectivity index (χ1) is 14.8. The van der Waals surface area contributed by atoms with Crippen LogP contribution in [-0.4, -0.2) is 29.8 Å². The second-order valence-corrected chi connectivity index (χ2v) is 7.99. The Kier molecular flexibility index (Phi) is 7.12. The molecule has 2 aromatic carbocycles. The van der Waals surface area contributed by atoms with Crippen molar-refractivity contribution in [3.05, 3.63) is 93.7 Å². The van der Waals surface area contributed by atoms with Crippen LogP contribution in [0.4, 0.5) is 13.2 Å².